The number of nitrogens with zero attached hydrogens (tertiary/aromatic N) is 1. The Bertz CT molecular complexity index is 374. The molecule has 16 heavy (non-hydrogen) atoms. The lowest BCUT2D eigenvalue weighted by Crippen LogP contribution is -2.10. The molecule has 0 aromatic carbocycles. The van der Waals surface area contributed by atoms with E-state index in [0.29, 0.717) is 19.1 Å². The van der Waals surface area contributed by atoms with Gasteiger partial charge in [-0.2, -0.15) is 0 Å². The van der Waals surface area contributed by atoms with Crippen molar-refractivity contribution in [3.63, 3.8) is 0 Å². The van der Waals surface area contributed by atoms with Gasteiger partial charge in [-0.05, 0) is 36.8 Å². The van der Waals surface area contributed by atoms with Gasteiger partial charge >= 0.3 is 0 Å². The Morgan fingerprint density at radius 1 is 1.44 bits per heavy atom. The molecule has 0 spiro atoms. The second-order valence-corrected chi connectivity index (χ2v) is 4.82. The van der Waals surface area contributed by atoms with E-state index in [4.69, 9.17) is 10.5 Å². The van der Waals surface area contributed by atoms with Gasteiger partial charge in [-0.3, -0.25) is 0 Å². The van der Waals surface area contributed by atoms with E-state index in [1.165, 1.54) is 17.7 Å². The number of aromatic nitrogens is 1. The summed E-state index contributed by atoms with van der Waals surface area (Å²) in [6.07, 6.45) is 3.43. The molecule has 3 nitrogen and oxygen atoms in total. The highest BCUT2D eigenvalue weighted by atomic mass is 16.5. The fourth-order valence-electron chi connectivity index (χ4n) is 2.02. The summed E-state index contributed by atoms with van der Waals surface area (Å²) in [5.74, 6) is 1.26. The van der Waals surface area contributed by atoms with Gasteiger partial charge in [0.1, 0.15) is 0 Å². The van der Waals surface area contributed by atoms with E-state index in [2.05, 4.69) is 24.9 Å². The first-order valence-corrected chi connectivity index (χ1v) is 6.05. The average molecular weight is 220 g/mol. The largest absolute Gasteiger partial charge is 0.477 e. The smallest absolute Gasteiger partial charge is 0.218 e. The van der Waals surface area contributed by atoms with Gasteiger partial charge < -0.3 is 10.5 Å². The summed E-state index contributed by atoms with van der Waals surface area (Å²) in [5, 5.41) is 0. The Labute approximate surface area is 97.0 Å². The minimum atomic E-state index is 0.508. The molecule has 2 rings (SSSR count). The summed E-state index contributed by atoms with van der Waals surface area (Å²) in [7, 11) is 0. The molecule has 0 amide bonds. The molecule has 1 heterocycles. The van der Waals surface area contributed by atoms with E-state index in [0.717, 1.165) is 24.3 Å². The van der Waals surface area contributed by atoms with Crippen molar-refractivity contribution >= 4 is 0 Å². The lowest BCUT2D eigenvalue weighted by Gasteiger charge is -2.13. The Morgan fingerprint density at radius 2 is 2.25 bits per heavy atom. The van der Waals surface area contributed by atoms with Crippen molar-refractivity contribution < 1.29 is 4.74 Å². The van der Waals surface area contributed by atoms with E-state index in [1.807, 2.05) is 0 Å². The monoisotopic (exact) mass is 220 g/mol. The van der Waals surface area contributed by atoms with Crippen LogP contribution >= 0.6 is 0 Å². The molecule has 88 valence electrons. The van der Waals surface area contributed by atoms with Crippen LogP contribution in [0.15, 0.2) is 6.07 Å². The molecule has 0 bridgehead atoms. The minimum Gasteiger partial charge on any atom is -0.477 e. The molecular formula is C13H20N2O. The van der Waals surface area contributed by atoms with Crippen molar-refractivity contribution in [3.8, 4) is 5.88 Å². The zero-order chi connectivity index (χ0) is 11.5. The molecule has 0 unspecified atom stereocenters. The SMILES string of the molecule is CC(C)COc1nc2c(cc1CN)CCC2. The van der Waals surface area contributed by atoms with Crippen LogP contribution in [0.4, 0.5) is 0 Å². The molecule has 0 aliphatic heterocycles. The van der Waals surface area contributed by atoms with Crippen LogP contribution in [0.5, 0.6) is 5.88 Å². The minimum absolute atomic E-state index is 0.508. The zero-order valence-corrected chi connectivity index (χ0v) is 10.1. The van der Waals surface area contributed by atoms with Crippen LogP contribution in [0.3, 0.4) is 0 Å². The zero-order valence-electron chi connectivity index (χ0n) is 10.1. The first-order chi connectivity index (χ1) is 7.70. The molecule has 1 aliphatic rings. The van der Waals surface area contributed by atoms with Crippen LogP contribution in [-0.4, -0.2) is 11.6 Å². The normalized spacial score (nSPS) is 14.2. The molecule has 0 saturated heterocycles. The highest BCUT2D eigenvalue weighted by molar-refractivity contribution is 5.36. The summed E-state index contributed by atoms with van der Waals surface area (Å²) in [5.41, 5.74) is 9.34. The molecule has 1 aromatic heterocycles. The number of ether oxygens (including phenoxy) is 1. The van der Waals surface area contributed by atoms with Crippen LogP contribution in [0.1, 0.15) is 37.1 Å². The number of nitrogens with two attached hydrogens (primary N) is 1. The maximum atomic E-state index is 5.73. The number of hydrogen-bond donors (Lipinski definition) is 1. The van der Waals surface area contributed by atoms with Crippen LogP contribution in [-0.2, 0) is 19.4 Å². The second-order valence-electron chi connectivity index (χ2n) is 4.82. The second kappa shape index (κ2) is 4.83. The van der Waals surface area contributed by atoms with Gasteiger partial charge in [-0.15, -0.1) is 0 Å². The Balaban J connectivity index is 2.22. The molecule has 1 aromatic rings. The van der Waals surface area contributed by atoms with Gasteiger partial charge in [0.15, 0.2) is 0 Å². The molecule has 0 fully saturated rings. The van der Waals surface area contributed by atoms with Crippen LogP contribution in [0.2, 0.25) is 0 Å². The molecule has 0 radical (unpaired) electrons. The van der Waals surface area contributed by atoms with E-state index in [-0.39, 0.29) is 0 Å². The molecule has 3 heteroatoms. The lowest BCUT2D eigenvalue weighted by atomic mass is 10.1. The van der Waals surface area contributed by atoms with Crippen LogP contribution < -0.4 is 10.5 Å². The molecule has 2 N–H and O–H groups in total. The van der Waals surface area contributed by atoms with Crippen molar-refractivity contribution in [2.45, 2.75) is 39.7 Å². The van der Waals surface area contributed by atoms with Gasteiger partial charge in [0, 0.05) is 17.8 Å². The number of rotatable bonds is 4. The molecular weight excluding hydrogens is 200 g/mol. The van der Waals surface area contributed by atoms with Gasteiger partial charge in [-0.25, -0.2) is 4.98 Å². The van der Waals surface area contributed by atoms with Crippen LogP contribution in [0, 0.1) is 5.92 Å². The summed E-state index contributed by atoms with van der Waals surface area (Å²) in [6, 6.07) is 2.17. The van der Waals surface area contributed by atoms with Gasteiger partial charge in [0.25, 0.3) is 0 Å². The molecule has 1 aliphatic carbocycles. The standard InChI is InChI=1S/C13H20N2O/c1-9(2)8-16-13-11(7-14)6-10-4-3-5-12(10)15-13/h6,9H,3-5,7-8,14H2,1-2H3. The van der Waals surface area contributed by atoms with E-state index in [1.54, 1.807) is 0 Å². The summed E-state index contributed by atoms with van der Waals surface area (Å²) in [4.78, 5) is 4.59. The van der Waals surface area contributed by atoms with E-state index >= 15 is 0 Å². The van der Waals surface area contributed by atoms with Gasteiger partial charge in [0.05, 0.1) is 6.61 Å². The van der Waals surface area contributed by atoms with Crippen molar-refractivity contribution in [2.75, 3.05) is 6.61 Å². The third-order valence-electron chi connectivity index (χ3n) is 2.86. The summed E-state index contributed by atoms with van der Waals surface area (Å²) < 4.78 is 5.72. The van der Waals surface area contributed by atoms with E-state index in [9.17, 15) is 0 Å². The maximum Gasteiger partial charge on any atom is 0.218 e. The predicted molar refractivity (Wildman–Crippen MR) is 64.5 cm³/mol. The van der Waals surface area contributed by atoms with Crippen LogP contribution in [0.25, 0.3) is 0 Å². The average Bonchev–Trinajstić information content (AvgIpc) is 2.71. The number of hydrogen-bond acceptors (Lipinski definition) is 3. The Hall–Kier alpha value is -1.09. The molecule has 0 saturated carbocycles. The number of pyridine rings is 1. The summed E-state index contributed by atoms with van der Waals surface area (Å²) >= 11 is 0. The first kappa shape index (κ1) is 11.4. The topological polar surface area (TPSA) is 48.1 Å². The number of aryl methyl sites for hydroxylation is 2. The fourth-order valence-corrected chi connectivity index (χ4v) is 2.02. The Morgan fingerprint density at radius 3 is 2.94 bits per heavy atom. The first-order valence-electron chi connectivity index (χ1n) is 6.05. The van der Waals surface area contributed by atoms with E-state index < -0.39 is 0 Å². The van der Waals surface area contributed by atoms with Crippen molar-refractivity contribution in [3.05, 3.63) is 22.9 Å². The maximum absolute atomic E-state index is 5.73. The Kier molecular flexibility index (Phi) is 3.44. The summed E-state index contributed by atoms with van der Waals surface area (Å²) in [6.45, 7) is 5.48. The van der Waals surface area contributed by atoms with Crippen molar-refractivity contribution in [2.24, 2.45) is 11.7 Å². The highest BCUT2D eigenvalue weighted by Crippen LogP contribution is 2.26. The lowest BCUT2D eigenvalue weighted by molar-refractivity contribution is 0.258. The fraction of sp³-hybridized carbons (Fsp3) is 0.615. The van der Waals surface area contributed by atoms with Gasteiger partial charge in [-0.1, -0.05) is 13.8 Å². The highest BCUT2D eigenvalue weighted by Gasteiger charge is 2.16. The predicted octanol–water partition coefficient (Wildman–Crippen LogP) is 2.06. The quantitative estimate of drug-likeness (QED) is 0.845. The number of fused-ring (bicyclic) bond motifs is 1. The van der Waals surface area contributed by atoms with Crippen molar-refractivity contribution in [1.29, 1.82) is 0 Å². The van der Waals surface area contributed by atoms with Crippen molar-refractivity contribution in [1.82, 2.24) is 4.98 Å². The van der Waals surface area contributed by atoms with Gasteiger partial charge in [0.2, 0.25) is 5.88 Å². The third kappa shape index (κ3) is 2.35. The molecule has 0 atom stereocenters. The third-order valence-corrected chi connectivity index (χ3v) is 2.86.